The molecule has 0 aliphatic carbocycles. The van der Waals surface area contributed by atoms with E-state index in [1.165, 1.54) is 19.2 Å². The predicted octanol–water partition coefficient (Wildman–Crippen LogP) is 2.99. The van der Waals surface area contributed by atoms with Crippen LogP contribution in [0.2, 0.25) is 5.02 Å². The summed E-state index contributed by atoms with van der Waals surface area (Å²) < 4.78 is 27.3. The molecule has 1 aromatic heterocycles. The number of rotatable bonds is 5. The number of halogens is 1. The second kappa shape index (κ2) is 6.61. The number of nitro benzene ring substituents is 1. The summed E-state index contributed by atoms with van der Waals surface area (Å²) in [6.45, 7) is 3.11. The van der Waals surface area contributed by atoms with Gasteiger partial charge in [0.1, 0.15) is 0 Å². The molecule has 0 aliphatic heterocycles. The normalized spacial score (nSPS) is 12.8. The Kier molecular flexibility index (Phi) is 4.98. The highest BCUT2D eigenvalue weighted by Crippen LogP contribution is 2.30. The first kappa shape index (κ1) is 17.3. The van der Waals surface area contributed by atoms with Crippen molar-refractivity contribution in [1.29, 1.82) is 0 Å². The number of nitrogens with zero attached hydrogens (tertiary/aromatic N) is 2. The zero-order valence-corrected chi connectivity index (χ0v) is 13.9. The average Bonchev–Trinajstić information content (AvgIpc) is 2.49. The Hall–Kier alpha value is -2.03. The summed E-state index contributed by atoms with van der Waals surface area (Å²) in [5.41, 5.74) is 0.548. The molecule has 0 saturated carbocycles. The lowest BCUT2D eigenvalue weighted by Gasteiger charge is -2.14. The van der Waals surface area contributed by atoms with E-state index in [9.17, 15) is 18.5 Å². The van der Waals surface area contributed by atoms with Gasteiger partial charge in [0.25, 0.3) is 5.69 Å². The first-order valence-electron chi connectivity index (χ1n) is 6.59. The first-order chi connectivity index (χ1) is 10.7. The lowest BCUT2D eigenvalue weighted by molar-refractivity contribution is -0.385. The minimum atomic E-state index is -3.97. The van der Waals surface area contributed by atoms with Crippen molar-refractivity contribution in [2.75, 3.05) is 0 Å². The highest BCUT2D eigenvalue weighted by atomic mass is 35.5. The fraction of sp³-hybridized carbons (Fsp3) is 0.214. The van der Waals surface area contributed by atoms with Crippen molar-refractivity contribution < 1.29 is 13.3 Å². The van der Waals surface area contributed by atoms with Gasteiger partial charge < -0.3 is 0 Å². The van der Waals surface area contributed by atoms with Crippen molar-refractivity contribution in [3.05, 3.63) is 62.9 Å². The van der Waals surface area contributed by atoms with Gasteiger partial charge in [0.2, 0.25) is 10.0 Å². The van der Waals surface area contributed by atoms with Crippen molar-refractivity contribution in [2.24, 2.45) is 0 Å². The SMILES string of the molecule is Cc1c(Cl)cc(S(=O)(=O)NC(C)c2cccnc2)cc1[N+](=O)[O-]. The summed E-state index contributed by atoms with van der Waals surface area (Å²) >= 11 is 5.92. The molecule has 7 nitrogen and oxygen atoms in total. The second-order valence-corrected chi connectivity index (χ2v) is 7.06. The molecule has 0 amide bonds. The van der Waals surface area contributed by atoms with E-state index in [0.717, 1.165) is 6.07 Å². The summed E-state index contributed by atoms with van der Waals surface area (Å²) in [4.78, 5) is 14.0. The highest BCUT2D eigenvalue weighted by molar-refractivity contribution is 7.89. The van der Waals surface area contributed by atoms with E-state index in [-0.39, 0.29) is 21.2 Å². The Balaban J connectivity index is 2.39. The number of nitrogens with one attached hydrogen (secondary N) is 1. The van der Waals surface area contributed by atoms with Gasteiger partial charge in [-0.3, -0.25) is 15.1 Å². The van der Waals surface area contributed by atoms with Crippen LogP contribution >= 0.6 is 11.6 Å². The Morgan fingerprint density at radius 3 is 2.65 bits per heavy atom. The van der Waals surface area contributed by atoms with Gasteiger partial charge in [-0.15, -0.1) is 0 Å². The zero-order chi connectivity index (χ0) is 17.2. The van der Waals surface area contributed by atoms with Crippen LogP contribution in [0.1, 0.15) is 24.1 Å². The fourth-order valence-corrected chi connectivity index (χ4v) is 3.54. The average molecular weight is 356 g/mol. The predicted molar refractivity (Wildman–Crippen MR) is 85.8 cm³/mol. The van der Waals surface area contributed by atoms with Gasteiger partial charge >= 0.3 is 0 Å². The molecule has 1 aromatic carbocycles. The minimum absolute atomic E-state index is 0.0219. The number of pyridine rings is 1. The van der Waals surface area contributed by atoms with Crippen molar-refractivity contribution in [1.82, 2.24) is 9.71 Å². The second-order valence-electron chi connectivity index (χ2n) is 4.94. The molecule has 0 spiro atoms. The number of sulfonamides is 1. The third kappa shape index (κ3) is 3.84. The van der Waals surface area contributed by atoms with Crippen molar-refractivity contribution >= 4 is 27.3 Å². The molecule has 2 aromatic rings. The largest absolute Gasteiger partial charge is 0.275 e. The third-order valence-electron chi connectivity index (χ3n) is 3.31. The third-order valence-corrected chi connectivity index (χ3v) is 5.23. The van der Waals surface area contributed by atoms with Crippen molar-refractivity contribution in [2.45, 2.75) is 24.8 Å². The summed E-state index contributed by atoms with van der Waals surface area (Å²) in [6.07, 6.45) is 3.12. The fourth-order valence-electron chi connectivity index (χ4n) is 1.99. The number of hydrogen-bond donors (Lipinski definition) is 1. The van der Waals surface area contributed by atoms with Gasteiger partial charge in [-0.25, -0.2) is 13.1 Å². The molecule has 2 rings (SSSR count). The molecule has 0 fully saturated rings. The maximum atomic E-state index is 12.4. The molecule has 0 saturated heterocycles. The molecule has 0 aliphatic rings. The number of benzene rings is 1. The van der Waals surface area contributed by atoms with Crippen LogP contribution < -0.4 is 4.72 Å². The first-order valence-corrected chi connectivity index (χ1v) is 8.45. The lowest BCUT2D eigenvalue weighted by Crippen LogP contribution is -2.27. The lowest BCUT2D eigenvalue weighted by atomic mass is 10.2. The Labute approximate surface area is 138 Å². The molecule has 1 heterocycles. The maximum absolute atomic E-state index is 12.4. The Bertz CT molecular complexity index is 841. The van der Waals surface area contributed by atoms with E-state index >= 15 is 0 Å². The maximum Gasteiger partial charge on any atom is 0.275 e. The van der Waals surface area contributed by atoms with Crippen molar-refractivity contribution in [3.63, 3.8) is 0 Å². The summed E-state index contributed by atoms with van der Waals surface area (Å²) in [6, 6.07) is 5.06. The van der Waals surface area contributed by atoms with Crippen LogP contribution in [-0.2, 0) is 10.0 Å². The topological polar surface area (TPSA) is 102 Å². The standard InChI is InChI=1S/C14H14ClN3O4S/c1-9-13(15)6-12(7-14(9)18(19)20)23(21,22)17-10(2)11-4-3-5-16-8-11/h3-8,10,17H,1-2H3. The molecular weight excluding hydrogens is 342 g/mol. The Morgan fingerprint density at radius 1 is 1.39 bits per heavy atom. The van der Waals surface area contributed by atoms with Gasteiger partial charge in [-0.1, -0.05) is 17.7 Å². The van der Waals surface area contributed by atoms with Crippen LogP contribution in [0.3, 0.4) is 0 Å². The van der Waals surface area contributed by atoms with Gasteiger partial charge in [-0.05, 0) is 31.5 Å². The summed E-state index contributed by atoms with van der Waals surface area (Å²) in [5, 5.41) is 11.0. The molecule has 1 atom stereocenters. The summed E-state index contributed by atoms with van der Waals surface area (Å²) in [7, 11) is -3.97. The number of aromatic nitrogens is 1. The van der Waals surface area contributed by atoms with E-state index in [4.69, 9.17) is 11.6 Å². The number of nitro groups is 1. The molecule has 9 heteroatoms. The zero-order valence-electron chi connectivity index (χ0n) is 12.4. The molecule has 1 N–H and O–H groups in total. The quantitative estimate of drug-likeness (QED) is 0.656. The minimum Gasteiger partial charge on any atom is -0.264 e. The number of hydrogen-bond acceptors (Lipinski definition) is 5. The smallest absolute Gasteiger partial charge is 0.264 e. The molecular formula is C14H14ClN3O4S. The molecule has 122 valence electrons. The van der Waals surface area contributed by atoms with Crippen molar-refractivity contribution in [3.8, 4) is 0 Å². The van der Waals surface area contributed by atoms with Gasteiger partial charge in [0, 0.05) is 30.1 Å². The van der Waals surface area contributed by atoms with E-state index < -0.39 is 21.0 Å². The van der Waals surface area contributed by atoms with Crippen LogP contribution in [0.15, 0.2) is 41.6 Å². The molecule has 23 heavy (non-hydrogen) atoms. The van der Waals surface area contributed by atoms with Gasteiger partial charge in [-0.2, -0.15) is 0 Å². The molecule has 1 unspecified atom stereocenters. The summed E-state index contributed by atoms with van der Waals surface area (Å²) in [5.74, 6) is 0. The van der Waals surface area contributed by atoms with Crippen LogP contribution in [0.5, 0.6) is 0 Å². The van der Waals surface area contributed by atoms with Crippen LogP contribution in [-0.4, -0.2) is 18.3 Å². The van der Waals surface area contributed by atoms with E-state index in [1.54, 1.807) is 25.3 Å². The molecule has 0 bridgehead atoms. The van der Waals surface area contributed by atoms with Gasteiger partial charge in [0.15, 0.2) is 0 Å². The van der Waals surface area contributed by atoms with E-state index in [0.29, 0.717) is 5.56 Å². The van der Waals surface area contributed by atoms with Crippen LogP contribution in [0.4, 0.5) is 5.69 Å². The van der Waals surface area contributed by atoms with Crippen LogP contribution in [0.25, 0.3) is 0 Å². The Morgan fingerprint density at radius 2 is 2.09 bits per heavy atom. The van der Waals surface area contributed by atoms with Gasteiger partial charge in [0.05, 0.1) is 14.8 Å². The van der Waals surface area contributed by atoms with Crippen LogP contribution in [0, 0.1) is 17.0 Å². The monoisotopic (exact) mass is 355 g/mol. The van der Waals surface area contributed by atoms with E-state index in [2.05, 4.69) is 9.71 Å². The van der Waals surface area contributed by atoms with E-state index in [1.807, 2.05) is 0 Å². The molecule has 0 radical (unpaired) electrons. The highest BCUT2D eigenvalue weighted by Gasteiger charge is 2.24.